The number of rotatable bonds is 5. The Balaban J connectivity index is 1.51. The van der Waals surface area contributed by atoms with Crippen LogP contribution in [-0.2, 0) is 20.8 Å². The van der Waals surface area contributed by atoms with Crippen molar-refractivity contribution in [1.82, 2.24) is 26.2 Å². The zero-order valence-corrected chi connectivity index (χ0v) is 19.7. The molecule has 4 N–H and O–H groups in total. The molecule has 2 saturated heterocycles. The van der Waals surface area contributed by atoms with Crippen molar-refractivity contribution in [3.05, 3.63) is 35.4 Å². The normalized spacial score (nSPS) is 28.5. The van der Waals surface area contributed by atoms with Gasteiger partial charge in [0, 0.05) is 0 Å². The molecular weight excluding hydrogens is 418 g/mol. The average Bonchev–Trinajstić information content (AvgIpc) is 3.27. The predicted octanol–water partition coefficient (Wildman–Crippen LogP) is 1.36. The average molecular weight is 456 g/mol. The number of nitrogens with zero attached hydrogens (tertiary/aromatic N) is 1. The third-order valence-corrected chi connectivity index (χ3v) is 7.37. The summed E-state index contributed by atoms with van der Waals surface area (Å²) in [6.07, 6.45) is 6.52. The van der Waals surface area contributed by atoms with Gasteiger partial charge in [0.15, 0.2) is 0 Å². The van der Waals surface area contributed by atoms with Gasteiger partial charge in [-0.2, -0.15) is 0 Å². The number of carbonyl (C=O) groups excluding carboxylic acids is 3. The second-order valence-corrected chi connectivity index (χ2v) is 9.53. The SMILES string of the molecule is CN[C@@H](C)C(=O)N[C@H]1CCCCNC2CCC(C(=O)N[C@H]3CCCc4ccccc43)N2C1=O. The fraction of sp³-hybridized carbons (Fsp3) is 0.640. The molecule has 3 amide bonds. The summed E-state index contributed by atoms with van der Waals surface area (Å²) >= 11 is 0. The predicted molar refractivity (Wildman–Crippen MR) is 126 cm³/mol. The van der Waals surface area contributed by atoms with Crippen LogP contribution < -0.4 is 21.3 Å². The first-order valence-electron chi connectivity index (χ1n) is 12.4. The topological polar surface area (TPSA) is 103 Å². The number of hydrogen-bond donors (Lipinski definition) is 4. The highest BCUT2D eigenvalue weighted by Crippen LogP contribution is 2.31. The monoisotopic (exact) mass is 455 g/mol. The summed E-state index contributed by atoms with van der Waals surface area (Å²) in [5.41, 5.74) is 2.48. The van der Waals surface area contributed by atoms with Gasteiger partial charge in [-0.05, 0) is 83.0 Å². The van der Waals surface area contributed by atoms with Crippen LogP contribution in [0.4, 0.5) is 0 Å². The zero-order valence-electron chi connectivity index (χ0n) is 19.7. The van der Waals surface area contributed by atoms with E-state index < -0.39 is 12.1 Å². The summed E-state index contributed by atoms with van der Waals surface area (Å²) in [4.78, 5) is 41.3. The molecule has 1 aromatic carbocycles. The summed E-state index contributed by atoms with van der Waals surface area (Å²) in [6.45, 7) is 2.57. The third kappa shape index (κ3) is 5.22. The lowest BCUT2D eigenvalue weighted by atomic mass is 9.87. The number of fused-ring (bicyclic) bond motifs is 2. The van der Waals surface area contributed by atoms with E-state index >= 15 is 0 Å². The minimum Gasteiger partial charge on any atom is -0.347 e. The van der Waals surface area contributed by atoms with Gasteiger partial charge in [-0.15, -0.1) is 0 Å². The van der Waals surface area contributed by atoms with Crippen LogP contribution in [0.15, 0.2) is 24.3 Å². The Morgan fingerprint density at radius 2 is 1.82 bits per heavy atom. The summed E-state index contributed by atoms with van der Waals surface area (Å²) in [5, 5.41) is 12.6. The molecule has 0 aromatic heterocycles. The van der Waals surface area contributed by atoms with Crippen LogP contribution in [0.1, 0.15) is 69.0 Å². The smallest absolute Gasteiger partial charge is 0.247 e. The van der Waals surface area contributed by atoms with Crippen molar-refractivity contribution in [2.45, 2.75) is 88.6 Å². The third-order valence-electron chi connectivity index (χ3n) is 7.37. The van der Waals surface area contributed by atoms with Crippen LogP contribution in [0, 0.1) is 0 Å². The second-order valence-electron chi connectivity index (χ2n) is 9.53. The molecule has 0 radical (unpaired) electrons. The summed E-state index contributed by atoms with van der Waals surface area (Å²) in [5.74, 6) is -0.450. The highest BCUT2D eigenvalue weighted by molar-refractivity contribution is 5.93. The standard InChI is InChI=1S/C25H37N5O3/c1-16(26-2)23(31)29-20-11-5-6-15-27-22-14-13-21(30(22)25(20)33)24(32)28-19-12-7-9-17-8-3-4-10-18(17)19/h3-4,8,10,16,19-22,26-27H,5-7,9,11-15H2,1-2H3,(H,28,32)(H,29,31)/t16-,19-,20-,21?,22?/m0/s1. The molecule has 33 heavy (non-hydrogen) atoms. The maximum Gasteiger partial charge on any atom is 0.247 e. The molecule has 2 heterocycles. The Bertz CT molecular complexity index is 875. The van der Waals surface area contributed by atoms with Crippen LogP contribution in [0.2, 0.25) is 0 Å². The summed E-state index contributed by atoms with van der Waals surface area (Å²) in [6, 6.07) is 6.75. The van der Waals surface area contributed by atoms with E-state index in [0.29, 0.717) is 12.8 Å². The second kappa shape index (κ2) is 10.7. The van der Waals surface area contributed by atoms with E-state index in [1.807, 2.05) is 12.1 Å². The summed E-state index contributed by atoms with van der Waals surface area (Å²) in [7, 11) is 1.72. The van der Waals surface area contributed by atoms with Crippen molar-refractivity contribution < 1.29 is 14.4 Å². The van der Waals surface area contributed by atoms with Crippen LogP contribution in [-0.4, -0.2) is 60.5 Å². The Kier molecular flexibility index (Phi) is 7.65. The van der Waals surface area contributed by atoms with E-state index in [9.17, 15) is 14.4 Å². The Labute approximate surface area is 196 Å². The molecule has 2 fully saturated rings. The quantitative estimate of drug-likeness (QED) is 0.537. The first-order chi connectivity index (χ1) is 16.0. The van der Waals surface area contributed by atoms with Gasteiger partial charge in [0.05, 0.1) is 18.2 Å². The van der Waals surface area contributed by atoms with Crippen molar-refractivity contribution in [3.63, 3.8) is 0 Å². The van der Waals surface area contributed by atoms with Crippen molar-refractivity contribution in [3.8, 4) is 0 Å². The minimum absolute atomic E-state index is 0.0194. The fourth-order valence-electron chi connectivity index (χ4n) is 5.36. The van der Waals surface area contributed by atoms with Crippen molar-refractivity contribution in [1.29, 1.82) is 0 Å². The number of benzene rings is 1. The Morgan fingerprint density at radius 1 is 1.03 bits per heavy atom. The molecule has 0 saturated carbocycles. The van der Waals surface area contributed by atoms with Crippen LogP contribution in [0.5, 0.6) is 0 Å². The Morgan fingerprint density at radius 3 is 2.64 bits per heavy atom. The number of carbonyl (C=O) groups is 3. The van der Waals surface area contributed by atoms with Gasteiger partial charge in [0.1, 0.15) is 12.1 Å². The number of likely N-dealkylation sites (N-methyl/N-ethyl adjacent to an activating group) is 1. The van der Waals surface area contributed by atoms with Gasteiger partial charge in [0.25, 0.3) is 0 Å². The first-order valence-corrected chi connectivity index (χ1v) is 12.4. The highest BCUT2D eigenvalue weighted by atomic mass is 16.2. The van der Waals surface area contributed by atoms with Crippen LogP contribution in [0.3, 0.4) is 0 Å². The van der Waals surface area contributed by atoms with E-state index in [2.05, 4.69) is 33.4 Å². The van der Waals surface area contributed by atoms with E-state index in [1.165, 1.54) is 11.1 Å². The van der Waals surface area contributed by atoms with Gasteiger partial charge in [-0.3, -0.25) is 19.7 Å². The van der Waals surface area contributed by atoms with Crippen molar-refractivity contribution in [2.24, 2.45) is 0 Å². The molecule has 3 aliphatic rings. The van der Waals surface area contributed by atoms with Crippen molar-refractivity contribution in [2.75, 3.05) is 13.6 Å². The molecule has 2 aliphatic heterocycles. The first kappa shape index (κ1) is 23.7. The maximum atomic E-state index is 13.7. The maximum absolute atomic E-state index is 13.7. The number of amides is 3. The molecular formula is C25H37N5O3. The summed E-state index contributed by atoms with van der Waals surface area (Å²) < 4.78 is 0. The molecule has 5 atom stereocenters. The zero-order chi connectivity index (χ0) is 23.4. The molecule has 2 unspecified atom stereocenters. The molecule has 180 valence electrons. The number of aryl methyl sites for hydroxylation is 1. The minimum atomic E-state index is -0.612. The van der Waals surface area contributed by atoms with Gasteiger partial charge in [-0.1, -0.05) is 24.3 Å². The molecule has 1 aliphatic carbocycles. The molecule has 4 rings (SSSR count). The van der Waals surface area contributed by atoms with E-state index in [1.54, 1.807) is 18.9 Å². The van der Waals surface area contributed by atoms with Crippen LogP contribution >= 0.6 is 0 Å². The highest BCUT2D eigenvalue weighted by Gasteiger charge is 2.44. The fourth-order valence-corrected chi connectivity index (χ4v) is 5.36. The lowest BCUT2D eigenvalue weighted by Crippen LogP contribution is -2.59. The van der Waals surface area contributed by atoms with E-state index in [0.717, 1.165) is 45.1 Å². The van der Waals surface area contributed by atoms with Crippen LogP contribution in [0.25, 0.3) is 0 Å². The van der Waals surface area contributed by atoms with Gasteiger partial charge in [0.2, 0.25) is 17.7 Å². The lowest BCUT2D eigenvalue weighted by Gasteiger charge is -2.34. The molecule has 0 spiro atoms. The molecule has 0 bridgehead atoms. The van der Waals surface area contributed by atoms with E-state index in [4.69, 9.17) is 0 Å². The number of hydrogen-bond acceptors (Lipinski definition) is 5. The molecule has 1 aromatic rings. The van der Waals surface area contributed by atoms with Gasteiger partial charge in [-0.25, -0.2) is 0 Å². The Hall–Kier alpha value is -2.45. The lowest BCUT2D eigenvalue weighted by molar-refractivity contribution is -0.144. The van der Waals surface area contributed by atoms with Crippen molar-refractivity contribution >= 4 is 17.7 Å². The molecule has 8 nitrogen and oxygen atoms in total. The van der Waals surface area contributed by atoms with Gasteiger partial charge >= 0.3 is 0 Å². The van der Waals surface area contributed by atoms with Gasteiger partial charge < -0.3 is 20.9 Å². The van der Waals surface area contributed by atoms with E-state index in [-0.39, 0.29) is 36.0 Å². The molecule has 8 heteroatoms. The number of nitrogens with one attached hydrogen (secondary N) is 4. The largest absolute Gasteiger partial charge is 0.347 e.